The number of carbonyl (C=O) groups is 1. The summed E-state index contributed by atoms with van der Waals surface area (Å²) in [5, 5.41) is 12.8. The van der Waals surface area contributed by atoms with E-state index < -0.39 is 11.2 Å². The molecule has 1 N–H and O–H groups in total. The van der Waals surface area contributed by atoms with Gasteiger partial charge < -0.3 is 14.7 Å². The number of aromatic hydroxyl groups is 1. The van der Waals surface area contributed by atoms with Crippen LogP contribution in [0.1, 0.15) is 46.6 Å². The van der Waals surface area contributed by atoms with Crippen molar-refractivity contribution >= 4 is 17.7 Å². The third kappa shape index (κ3) is 3.27. The highest BCUT2D eigenvalue weighted by Gasteiger charge is 2.40. The van der Waals surface area contributed by atoms with E-state index in [2.05, 4.69) is 30.1 Å². The maximum Gasteiger partial charge on any atom is 0.277 e. The van der Waals surface area contributed by atoms with Crippen molar-refractivity contribution in [2.24, 2.45) is 5.92 Å². The van der Waals surface area contributed by atoms with E-state index in [0.29, 0.717) is 19.8 Å². The molecule has 0 saturated carbocycles. The van der Waals surface area contributed by atoms with Gasteiger partial charge in [-0.2, -0.15) is 0 Å². The highest BCUT2D eigenvalue weighted by molar-refractivity contribution is 7.98. The average Bonchev–Trinajstić information content (AvgIpc) is 3.01. The number of fused-ring (bicyclic) bond motifs is 7. The molecule has 0 saturated heterocycles. The first-order valence-electron chi connectivity index (χ1n) is 11.5. The first-order valence-corrected chi connectivity index (χ1v) is 12.5. The van der Waals surface area contributed by atoms with E-state index in [1.807, 2.05) is 24.3 Å². The van der Waals surface area contributed by atoms with Gasteiger partial charge in [-0.3, -0.25) is 19.3 Å². The summed E-state index contributed by atoms with van der Waals surface area (Å²) in [6, 6.07) is 15.5. The first kappa shape index (κ1) is 21.2. The van der Waals surface area contributed by atoms with E-state index in [1.165, 1.54) is 11.6 Å². The lowest BCUT2D eigenvalue weighted by atomic mass is 9.93. The van der Waals surface area contributed by atoms with Crippen LogP contribution in [0.25, 0.3) is 0 Å². The molecule has 174 valence electrons. The lowest BCUT2D eigenvalue weighted by molar-refractivity contribution is 0.0647. The normalized spacial score (nSPS) is 21.4. The monoisotopic (exact) mass is 475 g/mol. The molecule has 3 aromatic rings. The first-order chi connectivity index (χ1) is 16.5. The largest absolute Gasteiger partial charge is 0.502 e. The van der Waals surface area contributed by atoms with Gasteiger partial charge in [0.2, 0.25) is 5.43 Å². The fraction of sp³-hybridized carbons (Fsp3) is 0.308. The SMILES string of the molecule is CC1CCOc2cccc3c2C(c2ccccc2SC3)N2CN(C1)C(=O)c1c(O)c(=O)ccn12. The standard InChI is InChI=1S/C26H25N3O4S/c1-16-10-12-33-20-7-4-5-17-14-34-21-8-3-2-6-18(21)23(22(17)20)29-15-27(13-16)26(32)24-25(31)19(30)9-11-28(24)29/h2-9,11,16,23,31H,10,12-15H2,1H3. The Kier molecular flexibility index (Phi) is 5.06. The molecule has 8 heteroatoms. The zero-order valence-electron chi connectivity index (χ0n) is 18.8. The highest BCUT2D eigenvalue weighted by atomic mass is 32.2. The van der Waals surface area contributed by atoms with Crippen LogP contribution in [0.15, 0.2) is 64.4 Å². The minimum absolute atomic E-state index is 0.0135. The molecule has 7 nitrogen and oxygen atoms in total. The predicted molar refractivity (Wildman–Crippen MR) is 130 cm³/mol. The Balaban J connectivity index is 1.67. The molecule has 2 bridgehead atoms. The average molecular weight is 476 g/mol. The molecule has 2 atom stereocenters. The number of carbonyl (C=O) groups excluding carboxylic acids is 1. The van der Waals surface area contributed by atoms with Crippen molar-refractivity contribution in [3.05, 3.63) is 87.3 Å². The number of amides is 1. The summed E-state index contributed by atoms with van der Waals surface area (Å²) in [5.74, 6) is 0.988. The van der Waals surface area contributed by atoms with Crippen molar-refractivity contribution in [1.29, 1.82) is 0 Å². The summed E-state index contributed by atoms with van der Waals surface area (Å²) < 4.78 is 8.03. The number of ether oxygens (including phenoxy) is 1. The van der Waals surface area contributed by atoms with Gasteiger partial charge >= 0.3 is 0 Å². The molecule has 3 aliphatic rings. The van der Waals surface area contributed by atoms with E-state index >= 15 is 0 Å². The third-order valence-corrected chi connectivity index (χ3v) is 8.00. The van der Waals surface area contributed by atoms with Crippen LogP contribution < -0.4 is 15.2 Å². The highest BCUT2D eigenvalue weighted by Crippen LogP contribution is 2.46. The molecule has 1 amide bonds. The lowest BCUT2D eigenvalue weighted by Crippen LogP contribution is -2.56. The minimum atomic E-state index is -0.556. The van der Waals surface area contributed by atoms with Crippen molar-refractivity contribution in [3.63, 3.8) is 0 Å². The zero-order valence-corrected chi connectivity index (χ0v) is 19.6. The molecular formula is C26H25N3O4S. The van der Waals surface area contributed by atoms with Crippen LogP contribution in [-0.4, -0.2) is 40.4 Å². The maximum absolute atomic E-state index is 13.5. The van der Waals surface area contributed by atoms with E-state index in [9.17, 15) is 14.7 Å². The number of hydrogen-bond donors (Lipinski definition) is 1. The second-order valence-electron chi connectivity index (χ2n) is 9.13. The Labute approximate surface area is 201 Å². The number of aromatic nitrogens is 1. The van der Waals surface area contributed by atoms with Crippen LogP contribution in [-0.2, 0) is 5.75 Å². The van der Waals surface area contributed by atoms with Crippen molar-refractivity contribution in [2.75, 3.05) is 24.8 Å². The summed E-state index contributed by atoms with van der Waals surface area (Å²) in [7, 11) is 0. The van der Waals surface area contributed by atoms with Gasteiger partial charge in [0.15, 0.2) is 11.4 Å². The van der Waals surface area contributed by atoms with Gasteiger partial charge in [0.25, 0.3) is 5.91 Å². The minimum Gasteiger partial charge on any atom is -0.502 e. The van der Waals surface area contributed by atoms with Crippen LogP contribution in [0.5, 0.6) is 11.5 Å². The van der Waals surface area contributed by atoms with E-state index in [1.54, 1.807) is 27.5 Å². The van der Waals surface area contributed by atoms with Gasteiger partial charge in [0.05, 0.1) is 6.61 Å². The fourth-order valence-electron chi connectivity index (χ4n) is 5.18. The number of benzene rings is 2. The number of nitrogens with zero attached hydrogens (tertiary/aromatic N) is 3. The summed E-state index contributed by atoms with van der Waals surface area (Å²) in [4.78, 5) is 28.7. The molecule has 0 aliphatic carbocycles. The van der Waals surface area contributed by atoms with E-state index in [-0.39, 0.29) is 23.6 Å². The van der Waals surface area contributed by atoms with Crippen molar-refractivity contribution in [2.45, 2.75) is 30.0 Å². The predicted octanol–water partition coefficient (Wildman–Crippen LogP) is 3.72. The quantitative estimate of drug-likeness (QED) is 0.534. The fourth-order valence-corrected chi connectivity index (χ4v) is 6.27. The molecule has 1 aromatic heterocycles. The van der Waals surface area contributed by atoms with E-state index in [0.717, 1.165) is 33.9 Å². The molecule has 0 fully saturated rings. The Morgan fingerprint density at radius 2 is 1.94 bits per heavy atom. The van der Waals surface area contributed by atoms with Gasteiger partial charge in [0, 0.05) is 35.0 Å². The van der Waals surface area contributed by atoms with Crippen molar-refractivity contribution in [1.82, 2.24) is 9.58 Å². The van der Waals surface area contributed by atoms with E-state index in [4.69, 9.17) is 4.74 Å². The maximum atomic E-state index is 13.5. The molecule has 2 aromatic carbocycles. The number of rotatable bonds is 0. The Bertz CT molecular complexity index is 1350. The molecule has 34 heavy (non-hydrogen) atoms. The van der Waals surface area contributed by atoms with Gasteiger partial charge in [-0.05, 0) is 35.6 Å². The van der Waals surface area contributed by atoms with Crippen LogP contribution in [0.2, 0.25) is 0 Å². The number of pyridine rings is 1. The molecule has 0 spiro atoms. The summed E-state index contributed by atoms with van der Waals surface area (Å²) in [5.41, 5.74) is 2.80. The molecule has 6 rings (SSSR count). The van der Waals surface area contributed by atoms with Gasteiger partial charge in [-0.25, -0.2) is 0 Å². The van der Waals surface area contributed by atoms with Crippen LogP contribution in [0.4, 0.5) is 0 Å². The topological polar surface area (TPSA) is 75.0 Å². The molecule has 3 aliphatic heterocycles. The second kappa shape index (κ2) is 8.13. The second-order valence-corrected chi connectivity index (χ2v) is 10.1. The van der Waals surface area contributed by atoms with Crippen molar-refractivity contribution < 1.29 is 14.6 Å². The number of thioether (sulfide) groups is 1. The Morgan fingerprint density at radius 3 is 2.82 bits per heavy atom. The lowest BCUT2D eigenvalue weighted by Gasteiger charge is -2.44. The molecule has 2 unspecified atom stereocenters. The summed E-state index contributed by atoms with van der Waals surface area (Å²) in [6.45, 7) is 3.48. The summed E-state index contributed by atoms with van der Waals surface area (Å²) in [6.07, 6.45) is 2.39. The smallest absolute Gasteiger partial charge is 0.277 e. The molecular weight excluding hydrogens is 450 g/mol. The molecule has 0 radical (unpaired) electrons. The summed E-state index contributed by atoms with van der Waals surface area (Å²) >= 11 is 1.78. The third-order valence-electron chi connectivity index (χ3n) is 6.86. The van der Waals surface area contributed by atoms with Gasteiger partial charge in [-0.1, -0.05) is 37.3 Å². The molecule has 4 heterocycles. The Morgan fingerprint density at radius 1 is 1.09 bits per heavy atom. The number of hydrogen-bond acceptors (Lipinski definition) is 6. The van der Waals surface area contributed by atoms with Crippen LogP contribution in [0, 0.1) is 5.92 Å². The van der Waals surface area contributed by atoms with Gasteiger partial charge in [-0.15, -0.1) is 11.8 Å². The van der Waals surface area contributed by atoms with Crippen LogP contribution >= 0.6 is 11.8 Å². The van der Waals surface area contributed by atoms with Gasteiger partial charge in [0.1, 0.15) is 18.5 Å². The zero-order chi connectivity index (χ0) is 23.4. The Hall–Kier alpha value is -3.39. The van der Waals surface area contributed by atoms with Crippen LogP contribution in [0.3, 0.4) is 0 Å². The van der Waals surface area contributed by atoms with Crippen molar-refractivity contribution in [3.8, 4) is 11.5 Å².